The molecule has 0 spiro atoms. The molecule has 26 heavy (non-hydrogen) atoms. The van der Waals surface area contributed by atoms with E-state index in [-0.39, 0.29) is 23.5 Å². The van der Waals surface area contributed by atoms with E-state index in [1.165, 1.54) is 17.0 Å². The zero-order valence-electron chi connectivity index (χ0n) is 15.7. The van der Waals surface area contributed by atoms with Gasteiger partial charge in [0.05, 0.1) is 0 Å². The van der Waals surface area contributed by atoms with Crippen LogP contribution in [0.15, 0.2) is 48.1 Å². The molecule has 0 bridgehead atoms. The number of carbonyl (C=O) groups excluding carboxylic acids is 2. The Hall–Kier alpha value is -2.43. The number of carbonyl (C=O) groups is 2. The van der Waals surface area contributed by atoms with Crippen LogP contribution >= 0.6 is 0 Å². The Kier molecular flexibility index (Phi) is 7.13. The third-order valence-electron chi connectivity index (χ3n) is 4.81. The number of rotatable bonds is 4. The summed E-state index contributed by atoms with van der Waals surface area (Å²) in [5, 5.41) is 0. The van der Waals surface area contributed by atoms with E-state index in [9.17, 15) is 14.0 Å². The second kappa shape index (κ2) is 9.32. The van der Waals surface area contributed by atoms with Crippen LogP contribution in [0.3, 0.4) is 0 Å². The number of urea groups is 1. The van der Waals surface area contributed by atoms with Crippen molar-refractivity contribution in [1.29, 1.82) is 0 Å². The predicted molar refractivity (Wildman–Crippen MR) is 103 cm³/mol. The summed E-state index contributed by atoms with van der Waals surface area (Å²) in [5.74, 6) is -0.218. The van der Waals surface area contributed by atoms with Crippen LogP contribution in [0.4, 0.5) is 14.9 Å². The number of hydrogen-bond acceptors (Lipinski definition) is 2. The van der Waals surface area contributed by atoms with Crippen LogP contribution in [0, 0.1) is 11.7 Å². The quantitative estimate of drug-likeness (QED) is 0.584. The van der Waals surface area contributed by atoms with E-state index < -0.39 is 0 Å². The first-order chi connectivity index (χ1) is 12.5. The molecule has 0 aliphatic carbocycles. The van der Waals surface area contributed by atoms with Crippen LogP contribution in [0.1, 0.15) is 33.1 Å². The smallest absolute Gasteiger partial charge is 0.324 e. The normalized spacial score (nSPS) is 18.7. The van der Waals surface area contributed by atoms with E-state index in [1.54, 1.807) is 24.1 Å². The van der Waals surface area contributed by atoms with Gasteiger partial charge in [-0.1, -0.05) is 18.2 Å². The molecule has 0 aromatic heterocycles. The van der Waals surface area contributed by atoms with Crippen LogP contribution in [-0.2, 0) is 4.79 Å². The molecule has 1 fully saturated rings. The second-order valence-electron chi connectivity index (χ2n) is 6.54. The van der Waals surface area contributed by atoms with E-state index in [0.717, 1.165) is 18.4 Å². The number of likely N-dealkylation sites (tertiary alicyclic amines) is 1. The minimum absolute atomic E-state index is 0.0497. The number of anilines is 1. The van der Waals surface area contributed by atoms with Gasteiger partial charge in [0, 0.05) is 37.3 Å². The lowest BCUT2D eigenvalue weighted by molar-refractivity contribution is -0.119. The lowest BCUT2D eigenvalue weighted by Crippen LogP contribution is -2.42. The Bertz CT molecular complexity index is 694. The van der Waals surface area contributed by atoms with Gasteiger partial charge in [0.2, 0.25) is 0 Å². The van der Waals surface area contributed by atoms with Gasteiger partial charge in [-0.3, -0.25) is 9.69 Å². The highest BCUT2D eigenvalue weighted by atomic mass is 19.1. The number of halogens is 1. The Labute approximate surface area is 155 Å². The first-order valence-electron chi connectivity index (χ1n) is 9.09. The van der Waals surface area contributed by atoms with Crippen LogP contribution in [0.5, 0.6) is 0 Å². The van der Waals surface area contributed by atoms with Crippen LogP contribution in [0.2, 0.25) is 0 Å². The summed E-state index contributed by atoms with van der Waals surface area (Å²) in [7, 11) is 1.69. The molecule has 1 unspecified atom stereocenters. The number of ketones is 1. The maximum atomic E-state index is 13.1. The van der Waals surface area contributed by atoms with Crippen molar-refractivity contribution in [3.63, 3.8) is 0 Å². The van der Waals surface area contributed by atoms with Crippen molar-refractivity contribution in [1.82, 2.24) is 4.90 Å². The molecule has 1 saturated heterocycles. The van der Waals surface area contributed by atoms with Gasteiger partial charge >= 0.3 is 6.03 Å². The molecule has 1 aromatic rings. The fourth-order valence-electron chi connectivity index (χ4n) is 3.27. The summed E-state index contributed by atoms with van der Waals surface area (Å²) in [5.41, 5.74) is 1.39. The minimum Gasteiger partial charge on any atom is -0.324 e. The molecule has 1 aliphatic rings. The number of benzene rings is 1. The van der Waals surface area contributed by atoms with Crippen molar-refractivity contribution in [2.75, 3.05) is 25.0 Å². The SMILES string of the molecule is CC=CC(=CC)C(=O)C1CCCN(C(=O)N(C)c2ccc(F)cc2)CC1. The summed E-state index contributed by atoms with van der Waals surface area (Å²) in [6.45, 7) is 4.95. The number of hydrogen-bond donors (Lipinski definition) is 0. The zero-order chi connectivity index (χ0) is 19.1. The molecule has 5 heteroatoms. The van der Waals surface area contributed by atoms with Gasteiger partial charge in [-0.15, -0.1) is 0 Å². The molecule has 1 atom stereocenters. The van der Waals surface area contributed by atoms with Crippen molar-refractivity contribution < 1.29 is 14.0 Å². The van der Waals surface area contributed by atoms with Gasteiger partial charge in [0.1, 0.15) is 5.82 Å². The lowest BCUT2D eigenvalue weighted by Gasteiger charge is -2.27. The molecular formula is C21H27FN2O2. The average molecular weight is 358 g/mol. The Morgan fingerprint density at radius 2 is 1.85 bits per heavy atom. The molecule has 2 amide bonds. The summed E-state index contributed by atoms with van der Waals surface area (Å²) in [4.78, 5) is 28.7. The molecule has 1 aliphatic heterocycles. The monoisotopic (exact) mass is 358 g/mol. The van der Waals surface area contributed by atoms with Gasteiger partial charge in [-0.25, -0.2) is 9.18 Å². The standard InChI is InChI=1S/C21H27FN2O2/c1-4-7-16(5-2)20(25)17-8-6-14-24(15-13-17)21(26)23(3)19-11-9-18(22)10-12-19/h4-5,7,9-12,17H,6,8,13-15H2,1-3H3. The molecule has 4 nitrogen and oxygen atoms in total. The molecule has 0 saturated carbocycles. The lowest BCUT2D eigenvalue weighted by atomic mass is 9.91. The van der Waals surface area contributed by atoms with Crippen molar-refractivity contribution in [2.24, 2.45) is 5.92 Å². The van der Waals surface area contributed by atoms with E-state index in [0.29, 0.717) is 25.2 Å². The Morgan fingerprint density at radius 1 is 1.15 bits per heavy atom. The summed E-state index contributed by atoms with van der Waals surface area (Å²) in [6.07, 6.45) is 7.81. The van der Waals surface area contributed by atoms with Gasteiger partial charge in [-0.05, 0) is 57.4 Å². The zero-order valence-corrected chi connectivity index (χ0v) is 15.7. The third-order valence-corrected chi connectivity index (χ3v) is 4.81. The van der Waals surface area contributed by atoms with Gasteiger partial charge in [-0.2, -0.15) is 0 Å². The fourth-order valence-corrected chi connectivity index (χ4v) is 3.27. The van der Waals surface area contributed by atoms with E-state index >= 15 is 0 Å². The van der Waals surface area contributed by atoms with E-state index in [2.05, 4.69) is 0 Å². The highest BCUT2D eigenvalue weighted by Gasteiger charge is 2.27. The molecule has 0 radical (unpaired) electrons. The van der Waals surface area contributed by atoms with E-state index in [4.69, 9.17) is 0 Å². The van der Waals surface area contributed by atoms with E-state index in [1.807, 2.05) is 32.1 Å². The molecule has 0 N–H and O–H groups in total. The summed E-state index contributed by atoms with van der Waals surface area (Å²) in [6, 6.07) is 5.75. The average Bonchev–Trinajstić information content (AvgIpc) is 2.91. The minimum atomic E-state index is -0.327. The Balaban J connectivity index is 2.02. The largest absolute Gasteiger partial charge is 0.324 e. The van der Waals surface area contributed by atoms with Crippen molar-refractivity contribution in [3.05, 3.63) is 53.9 Å². The van der Waals surface area contributed by atoms with Crippen LogP contribution in [0.25, 0.3) is 0 Å². The van der Waals surface area contributed by atoms with Crippen molar-refractivity contribution in [3.8, 4) is 0 Å². The summed E-state index contributed by atoms with van der Waals surface area (Å²) < 4.78 is 13.1. The fraction of sp³-hybridized carbons (Fsp3) is 0.429. The highest BCUT2D eigenvalue weighted by Crippen LogP contribution is 2.24. The first-order valence-corrected chi connectivity index (χ1v) is 9.09. The number of allylic oxidation sites excluding steroid dienone is 4. The highest BCUT2D eigenvalue weighted by molar-refractivity contribution is 5.99. The molecule has 1 heterocycles. The second-order valence-corrected chi connectivity index (χ2v) is 6.54. The van der Waals surface area contributed by atoms with Crippen LogP contribution < -0.4 is 4.90 Å². The third kappa shape index (κ3) is 4.81. The van der Waals surface area contributed by atoms with Crippen molar-refractivity contribution in [2.45, 2.75) is 33.1 Å². The molecule has 1 aromatic carbocycles. The van der Waals surface area contributed by atoms with Crippen molar-refractivity contribution >= 4 is 17.5 Å². The predicted octanol–water partition coefficient (Wildman–Crippen LogP) is 4.58. The molecule has 2 rings (SSSR count). The molecular weight excluding hydrogens is 331 g/mol. The number of amides is 2. The first kappa shape index (κ1) is 19.9. The summed E-state index contributed by atoms with van der Waals surface area (Å²) >= 11 is 0. The Morgan fingerprint density at radius 3 is 2.46 bits per heavy atom. The van der Waals surface area contributed by atoms with Crippen LogP contribution in [-0.4, -0.2) is 36.9 Å². The van der Waals surface area contributed by atoms with Gasteiger partial charge in [0.25, 0.3) is 0 Å². The van der Waals surface area contributed by atoms with Gasteiger partial charge < -0.3 is 4.90 Å². The van der Waals surface area contributed by atoms with Gasteiger partial charge in [0.15, 0.2) is 5.78 Å². The topological polar surface area (TPSA) is 40.6 Å². The maximum Gasteiger partial charge on any atom is 0.324 e. The molecule has 140 valence electrons. The number of Topliss-reactive ketones (excluding diaryl/α,β-unsaturated/α-hetero) is 1. The number of nitrogens with zero attached hydrogens (tertiary/aromatic N) is 2. The maximum absolute atomic E-state index is 13.1.